The molecule has 0 bridgehead atoms. The second-order valence-corrected chi connectivity index (χ2v) is 4.21. The molecule has 0 saturated heterocycles. The molecule has 0 saturated carbocycles. The number of carbonyl (C=O) groups is 3. The molecule has 0 radical (unpaired) electrons. The van der Waals surface area contributed by atoms with Crippen LogP contribution >= 0.6 is 0 Å². The van der Waals surface area contributed by atoms with Crippen LogP contribution in [0.2, 0.25) is 0 Å². The van der Waals surface area contributed by atoms with Gasteiger partial charge < -0.3 is 15.2 Å². The Kier molecular flexibility index (Phi) is 6.22. The standard InChI is InChI=1S/C14H17NO5/c1-20-14(19)11-7-5-10(6-8-11)9-15-12(16)3-2-4-13(17)18/h5-8H,2-4,9H2,1H3,(H,15,16)(H,17,18). The van der Waals surface area contributed by atoms with Crippen molar-refractivity contribution < 1.29 is 24.2 Å². The average molecular weight is 279 g/mol. The zero-order valence-corrected chi connectivity index (χ0v) is 11.2. The van der Waals surface area contributed by atoms with Crippen molar-refractivity contribution in [2.45, 2.75) is 25.8 Å². The largest absolute Gasteiger partial charge is 0.481 e. The molecule has 0 aliphatic heterocycles. The number of methoxy groups -OCH3 is 1. The zero-order chi connectivity index (χ0) is 15.0. The van der Waals surface area contributed by atoms with Crippen LogP contribution in [0.3, 0.4) is 0 Å². The van der Waals surface area contributed by atoms with Crippen molar-refractivity contribution in [1.29, 1.82) is 0 Å². The molecule has 0 heterocycles. The summed E-state index contributed by atoms with van der Waals surface area (Å²) in [6.45, 7) is 0.341. The molecule has 1 aromatic carbocycles. The summed E-state index contributed by atoms with van der Waals surface area (Å²) in [6.07, 6.45) is 0.496. The summed E-state index contributed by atoms with van der Waals surface area (Å²) in [4.78, 5) is 33.0. The predicted molar refractivity (Wildman–Crippen MR) is 71.1 cm³/mol. The van der Waals surface area contributed by atoms with Gasteiger partial charge in [0, 0.05) is 19.4 Å². The monoisotopic (exact) mass is 279 g/mol. The van der Waals surface area contributed by atoms with E-state index in [-0.39, 0.29) is 18.7 Å². The van der Waals surface area contributed by atoms with Gasteiger partial charge in [0.25, 0.3) is 0 Å². The number of esters is 1. The van der Waals surface area contributed by atoms with Gasteiger partial charge in [0.05, 0.1) is 12.7 Å². The number of ether oxygens (including phenoxy) is 1. The van der Waals surface area contributed by atoms with Gasteiger partial charge in [-0.25, -0.2) is 4.79 Å². The van der Waals surface area contributed by atoms with Crippen molar-refractivity contribution in [1.82, 2.24) is 5.32 Å². The average Bonchev–Trinajstić information content (AvgIpc) is 2.44. The van der Waals surface area contributed by atoms with Crippen LogP contribution in [0.25, 0.3) is 0 Å². The lowest BCUT2D eigenvalue weighted by Gasteiger charge is -2.05. The zero-order valence-electron chi connectivity index (χ0n) is 11.2. The third-order valence-electron chi connectivity index (χ3n) is 2.66. The topological polar surface area (TPSA) is 92.7 Å². The van der Waals surface area contributed by atoms with Crippen LogP contribution in [0.1, 0.15) is 35.2 Å². The third-order valence-corrected chi connectivity index (χ3v) is 2.66. The number of carboxylic acid groups (broad SMARTS) is 1. The molecule has 0 aromatic heterocycles. The summed E-state index contributed by atoms with van der Waals surface area (Å²) in [5.41, 5.74) is 1.30. The molecule has 2 N–H and O–H groups in total. The van der Waals surface area contributed by atoms with Gasteiger partial charge in [0.2, 0.25) is 5.91 Å². The van der Waals surface area contributed by atoms with Crippen molar-refractivity contribution in [2.75, 3.05) is 7.11 Å². The Labute approximate surface area is 116 Å². The minimum atomic E-state index is -0.906. The summed E-state index contributed by atoms with van der Waals surface area (Å²) in [5, 5.41) is 11.1. The van der Waals surface area contributed by atoms with Crippen LogP contribution in [0.5, 0.6) is 0 Å². The highest BCUT2D eigenvalue weighted by Gasteiger charge is 2.06. The van der Waals surface area contributed by atoms with Gasteiger partial charge in [0.1, 0.15) is 0 Å². The quantitative estimate of drug-likeness (QED) is 0.735. The molecule has 1 amide bonds. The smallest absolute Gasteiger partial charge is 0.337 e. The maximum atomic E-state index is 11.4. The Balaban J connectivity index is 2.36. The third kappa shape index (κ3) is 5.51. The Morgan fingerprint density at radius 1 is 1.15 bits per heavy atom. The van der Waals surface area contributed by atoms with Crippen molar-refractivity contribution in [3.63, 3.8) is 0 Å². The van der Waals surface area contributed by atoms with E-state index in [9.17, 15) is 14.4 Å². The van der Waals surface area contributed by atoms with E-state index in [1.807, 2.05) is 0 Å². The number of amides is 1. The predicted octanol–water partition coefficient (Wildman–Crippen LogP) is 1.34. The maximum absolute atomic E-state index is 11.4. The summed E-state index contributed by atoms with van der Waals surface area (Å²) in [5.74, 6) is -1.51. The van der Waals surface area contributed by atoms with Crippen LogP contribution in [0, 0.1) is 0 Å². The Bertz CT molecular complexity index is 481. The van der Waals surface area contributed by atoms with E-state index in [2.05, 4.69) is 10.1 Å². The van der Waals surface area contributed by atoms with Crippen LogP contribution in [0.4, 0.5) is 0 Å². The fraction of sp³-hybridized carbons (Fsp3) is 0.357. The van der Waals surface area contributed by atoms with Crippen LogP contribution in [0.15, 0.2) is 24.3 Å². The van der Waals surface area contributed by atoms with E-state index >= 15 is 0 Å². The van der Waals surface area contributed by atoms with Crippen molar-refractivity contribution in [2.24, 2.45) is 0 Å². The second-order valence-electron chi connectivity index (χ2n) is 4.21. The minimum Gasteiger partial charge on any atom is -0.481 e. The van der Waals surface area contributed by atoms with E-state index in [1.54, 1.807) is 24.3 Å². The first-order valence-electron chi connectivity index (χ1n) is 6.18. The molecule has 1 rings (SSSR count). The van der Waals surface area contributed by atoms with E-state index in [0.29, 0.717) is 18.5 Å². The maximum Gasteiger partial charge on any atom is 0.337 e. The molecule has 0 aliphatic rings. The molecule has 1 aromatic rings. The number of carboxylic acids is 1. The first-order valence-corrected chi connectivity index (χ1v) is 6.18. The summed E-state index contributed by atoms with van der Waals surface area (Å²) in [7, 11) is 1.31. The molecule has 108 valence electrons. The highest BCUT2D eigenvalue weighted by atomic mass is 16.5. The molecular weight excluding hydrogens is 262 g/mol. The number of hydrogen-bond acceptors (Lipinski definition) is 4. The summed E-state index contributed by atoms with van der Waals surface area (Å²) < 4.78 is 4.58. The molecular formula is C14H17NO5. The Morgan fingerprint density at radius 3 is 2.35 bits per heavy atom. The number of hydrogen-bond donors (Lipinski definition) is 2. The highest BCUT2D eigenvalue weighted by Crippen LogP contribution is 2.06. The van der Waals surface area contributed by atoms with E-state index in [1.165, 1.54) is 7.11 Å². The normalized spacial score (nSPS) is 9.85. The molecule has 20 heavy (non-hydrogen) atoms. The number of rotatable bonds is 7. The minimum absolute atomic E-state index is 0.0127. The van der Waals surface area contributed by atoms with E-state index < -0.39 is 11.9 Å². The van der Waals surface area contributed by atoms with Gasteiger partial charge in [-0.1, -0.05) is 12.1 Å². The van der Waals surface area contributed by atoms with E-state index in [0.717, 1.165) is 5.56 Å². The summed E-state index contributed by atoms with van der Waals surface area (Å²) >= 11 is 0. The van der Waals surface area contributed by atoms with Crippen LogP contribution in [-0.4, -0.2) is 30.1 Å². The SMILES string of the molecule is COC(=O)c1ccc(CNC(=O)CCCC(=O)O)cc1. The van der Waals surface area contributed by atoms with Gasteiger partial charge in [-0.3, -0.25) is 9.59 Å². The number of benzene rings is 1. The fourth-order valence-electron chi connectivity index (χ4n) is 1.57. The van der Waals surface area contributed by atoms with Gasteiger partial charge in [0.15, 0.2) is 0 Å². The summed E-state index contributed by atoms with van der Waals surface area (Å²) in [6, 6.07) is 6.70. The number of nitrogens with one attached hydrogen (secondary N) is 1. The number of aliphatic carboxylic acids is 1. The Morgan fingerprint density at radius 2 is 1.80 bits per heavy atom. The molecule has 0 aliphatic carbocycles. The molecule has 0 spiro atoms. The fourth-order valence-corrected chi connectivity index (χ4v) is 1.57. The lowest BCUT2D eigenvalue weighted by molar-refractivity contribution is -0.137. The molecule has 0 unspecified atom stereocenters. The number of carbonyl (C=O) groups excluding carboxylic acids is 2. The lowest BCUT2D eigenvalue weighted by Crippen LogP contribution is -2.22. The van der Waals surface area contributed by atoms with Gasteiger partial charge in [-0.05, 0) is 24.1 Å². The first kappa shape index (κ1) is 15.7. The lowest BCUT2D eigenvalue weighted by atomic mass is 10.1. The molecule has 6 heteroatoms. The highest BCUT2D eigenvalue weighted by molar-refractivity contribution is 5.89. The molecule has 0 atom stereocenters. The van der Waals surface area contributed by atoms with Crippen molar-refractivity contribution in [3.8, 4) is 0 Å². The van der Waals surface area contributed by atoms with E-state index in [4.69, 9.17) is 5.11 Å². The van der Waals surface area contributed by atoms with Crippen molar-refractivity contribution >= 4 is 17.8 Å². The van der Waals surface area contributed by atoms with Gasteiger partial charge in [-0.15, -0.1) is 0 Å². The van der Waals surface area contributed by atoms with Gasteiger partial charge in [-0.2, -0.15) is 0 Å². The van der Waals surface area contributed by atoms with Crippen molar-refractivity contribution in [3.05, 3.63) is 35.4 Å². The second kappa shape index (κ2) is 7.93. The first-order chi connectivity index (χ1) is 9.52. The van der Waals surface area contributed by atoms with Gasteiger partial charge >= 0.3 is 11.9 Å². The van der Waals surface area contributed by atoms with Crippen LogP contribution < -0.4 is 5.32 Å². The van der Waals surface area contributed by atoms with Crippen LogP contribution in [-0.2, 0) is 20.9 Å². The molecule has 6 nitrogen and oxygen atoms in total. The molecule has 0 fully saturated rings. The Hall–Kier alpha value is -2.37.